The van der Waals surface area contributed by atoms with E-state index in [2.05, 4.69) is 62.4 Å². The summed E-state index contributed by atoms with van der Waals surface area (Å²) in [5.74, 6) is 5.73. The van der Waals surface area contributed by atoms with Crippen LogP contribution in [0.25, 0.3) is 21.5 Å². The Bertz CT molecular complexity index is 986. The summed E-state index contributed by atoms with van der Waals surface area (Å²) in [4.78, 5) is 0. The highest BCUT2D eigenvalue weighted by Gasteiger charge is 2.16. The second-order valence-corrected chi connectivity index (χ2v) is 14.6. The van der Waals surface area contributed by atoms with Gasteiger partial charge in [-0.1, -0.05) is 178 Å². The Hall–Kier alpha value is -1.52. The zero-order valence-corrected chi connectivity index (χ0v) is 29.9. The van der Waals surface area contributed by atoms with E-state index in [4.69, 9.17) is 9.47 Å². The van der Waals surface area contributed by atoms with E-state index >= 15 is 0 Å². The number of unbranched alkanes of at least 4 members (excludes halogenated alkanes) is 18. The van der Waals surface area contributed by atoms with Gasteiger partial charge in [0, 0.05) is 21.5 Å². The van der Waals surface area contributed by atoms with Gasteiger partial charge in [-0.05, 0) is 24.3 Å². The van der Waals surface area contributed by atoms with Gasteiger partial charge < -0.3 is 9.47 Å². The molecule has 0 N–H and O–H groups in total. The predicted octanol–water partition coefficient (Wildman–Crippen LogP) is 14.0. The molecule has 246 valence electrons. The van der Waals surface area contributed by atoms with E-state index < -0.39 is 0 Å². The van der Waals surface area contributed by atoms with E-state index in [-0.39, 0.29) is 0 Å². The van der Waals surface area contributed by atoms with Gasteiger partial charge in [-0.3, -0.25) is 0 Å². The van der Waals surface area contributed by atoms with Crippen LogP contribution in [0.15, 0.2) is 48.5 Å². The number of hydrogen-bond acceptors (Lipinski definition) is 4. The average Bonchev–Trinajstić information content (AvgIpc) is 3.05. The van der Waals surface area contributed by atoms with Crippen molar-refractivity contribution in [1.82, 2.24) is 0 Å². The van der Waals surface area contributed by atoms with Crippen LogP contribution in [0.2, 0.25) is 0 Å². The number of thioether (sulfide) groups is 2. The van der Waals surface area contributed by atoms with Crippen molar-refractivity contribution >= 4 is 45.1 Å². The highest BCUT2D eigenvalue weighted by atomic mass is 32.2. The van der Waals surface area contributed by atoms with Crippen LogP contribution in [0.1, 0.15) is 142 Å². The van der Waals surface area contributed by atoms with Gasteiger partial charge in [0.15, 0.2) is 0 Å². The van der Waals surface area contributed by atoms with Crippen molar-refractivity contribution in [2.24, 2.45) is 0 Å². The summed E-state index contributed by atoms with van der Waals surface area (Å²) in [7, 11) is 0. The largest absolute Gasteiger partial charge is 0.482 e. The van der Waals surface area contributed by atoms with Crippen LogP contribution in [0, 0.1) is 0 Å². The second-order valence-electron chi connectivity index (χ2n) is 12.5. The second kappa shape index (κ2) is 24.7. The van der Waals surface area contributed by atoms with E-state index in [0.29, 0.717) is 11.9 Å². The molecule has 0 heterocycles. The summed E-state index contributed by atoms with van der Waals surface area (Å²) >= 11 is 3.84. The molecule has 44 heavy (non-hydrogen) atoms. The maximum Gasteiger partial charge on any atom is 0.136 e. The van der Waals surface area contributed by atoms with Gasteiger partial charge in [0.2, 0.25) is 0 Å². The lowest BCUT2D eigenvalue weighted by atomic mass is 10.0. The van der Waals surface area contributed by atoms with E-state index in [0.717, 1.165) is 33.0 Å². The minimum atomic E-state index is 0.695. The normalized spacial score (nSPS) is 11.5. The lowest BCUT2D eigenvalue weighted by Crippen LogP contribution is -2.00. The first kappa shape index (κ1) is 36.9. The zero-order chi connectivity index (χ0) is 30.9. The van der Waals surface area contributed by atoms with Gasteiger partial charge in [-0.15, -0.1) is 23.5 Å². The van der Waals surface area contributed by atoms with Crippen molar-refractivity contribution in [3.8, 4) is 11.5 Å². The number of benzene rings is 3. The van der Waals surface area contributed by atoms with Gasteiger partial charge >= 0.3 is 0 Å². The molecule has 0 unspecified atom stereocenters. The Morgan fingerprint density at radius 3 is 0.955 bits per heavy atom. The van der Waals surface area contributed by atoms with Gasteiger partial charge in [0.25, 0.3) is 0 Å². The van der Waals surface area contributed by atoms with Crippen molar-refractivity contribution in [2.75, 3.05) is 23.4 Å². The zero-order valence-electron chi connectivity index (χ0n) is 28.2. The predicted molar refractivity (Wildman–Crippen MR) is 201 cm³/mol. The minimum Gasteiger partial charge on any atom is -0.482 e. The maximum atomic E-state index is 6.50. The summed E-state index contributed by atoms with van der Waals surface area (Å²) in [6, 6.07) is 17.2. The molecule has 0 atom stereocenters. The Morgan fingerprint density at radius 1 is 0.386 bits per heavy atom. The molecule has 0 fully saturated rings. The fourth-order valence-corrected chi connectivity index (χ4v) is 7.52. The Kier molecular flexibility index (Phi) is 20.7. The molecule has 0 aromatic heterocycles. The van der Waals surface area contributed by atoms with E-state index in [1.807, 2.05) is 23.5 Å². The molecule has 0 saturated carbocycles. The van der Waals surface area contributed by atoms with Gasteiger partial charge in [-0.25, -0.2) is 0 Å². The molecular weight excluding hydrogens is 577 g/mol. The van der Waals surface area contributed by atoms with Crippen LogP contribution in [0.3, 0.4) is 0 Å². The lowest BCUT2D eigenvalue weighted by Gasteiger charge is -2.17. The molecule has 2 nitrogen and oxygen atoms in total. The molecule has 0 radical (unpaired) electrons. The highest BCUT2D eigenvalue weighted by Crippen LogP contribution is 2.43. The first-order chi connectivity index (χ1) is 21.9. The summed E-state index contributed by atoms with van der Waals surface area (Å²) in [6.45, 7) is 4.58. The van der Waals surface area contributed by atoms with Crippen molar-refractivity contribution in [3.05, 3.63) is 48.5 Å². The van der Waals surface area contributed by atoms with Crippen LogP contribution >= 0.6 is 23.5 Å². The Labute approximate surface area is 279 Å². The molecule has 0 bridgehead atoms. The molecule has 0 aliphatic heterocycles. The molecule has 3 aromatic rings. The number of fused-ring (bicyclic) bond motifs is 2. The monoisotopic (exact) mass is 638 g/mol. The van der Waals surface area contributed by atoms with Crippen LogP contribution in [0.5, 0.6) is 11.5 Å². The Morgan fingerprint density at radius 2 is 0.659 bits per heavy atom. The van der Waals surface area contributed by atoms with Crippen molar-refractivity contribution in [3.63, 3.8) is 0 Å². The quantitative estimate of drug-likeness (QED) is 0.0447. The van der Waals surface area contributed by atoms with Crippen LogP contribution in [-0.4, -0.2) is 23.4 Å². The molecule has 0 aliphatic carbocycles. The third-order valence-corrected chi connectivity index (χ3v) is 10.4. The number of hydrogen-bond donors (Lipinski definition) is 0. The van der Waals surface area contributed by atoms with Crippen LogP contribution in [0.4, 0.5) is 0 Å². The van der Waals surface area contributed by atoms with E-state index in [1.54, 1.807) is 0 Å². The maximum absolute atomic E-state index is 6.50. The first-order valence-electron chi connectivity index (χ1n) is 18.2. The average molecular weight is 639 g/mol. The molecule has 0 amide bonds. The van der Waals surface area contributed by atoms with Crippen LogP contribution < -0.4 is 9.47 Å². The summed E-state index contributed by atoms with van der Waals surface area (Å²) in [6.07, 6.45) is 27.7. The summed E-state index contributed by atoms with van der Waals surface area (Å²) in [5, 5.41) is 4.61. The molecule has 3 aromatic carbocycles. The smallest absolute Gasteiger partial charge is 0.136 e. The van der Waals surface area contributed by atoms with Gasteiger partial charge in [-0.2, -0.15) is 0 Å². The topological polar surface area (TPSA) is 18.5 Å². The van der Waals surface area contributed by atoms with Crippen LogP contribution in [-0.2, 0) is 0 Å². The first-order valence-corrected chi connectivity index (χ1v) is 20.5. The van der Waals surface area contributed by atoms with Crippen molar-refractivity contribution in [2.45, 2.75) is 142 Å². The molecule has 0 spiro atoms. The lowest BCUT2D eigenvalue weighted by molar-refractivity contribution is 0.395. The molecule has 4 heteroatoms. The SMILES string of the molecule is CCCCCCCCCCCCSCOc1c2ccccc2c(OCSCCCCCCCCCCCC)c2ccccc12. The fraction of sp³-hybridized carbons (Fsp3) is 0.650. The number of rotatable bonds is 28. The van der Waals surface area contributed by atoms with E-state index in [9.17, 15) is 0 Å². The molecule has 0 saturated heterocycles. The molecule has 0 aliphatic rings. The highest BCUT2D eigenvalue weighted by molar-refractivity contribution is 7.99. The Balaban J connectivity index is 1.39. The van der Waals surface area contributed by atoms with Crippen molar-refractivity contribution in [1.29, 1.82) is 0 Å². The third-order valence-electron chi connectivity index (χ3n) is 8.69. The molecule has 3 rings (SSSR count). The number of ether oxygens (including phenoxy) is 2. The van der Waals surface area contributed by atoms with E-state index in [1.165, 1.54) is 140 Å². The van der Waals surface area contributed by atoms with Gasteiger partial charge in [0.05, 0.1) is 0 Å². The van der Waals surface area contributed by atoms with Crippen molar-refractivity contribution < 1.29 is 9.47 Å². The molecular formula is C40H62O2S2. The fourth-order valence-electron chi connectivity index (χ4n) is 6.06. The minimum absolute atomic E-state index is 0.695. The summed E-state index contributed by atoms with van der Waals surface area (Å²) < 4.78 is 13.0. The van der Waals surface area contributed by atoms with Gasteiger partial charge in [0.1, 0.15) is 23.4 Å². The third kappa shape index (κ3) is 14.3. The summed E-state index contributed by atoms with van der Waals surface area (Å²) in [5.41, 5.74) is 0. The standard InChI is InChI=1S/C40H62O2S2/c1-3-5-7-9-11-13-15-17-19-25-31-43-33-41-39-35-27-21-23-29-37(35)40(38-30-24-22-28-36(38)39)42-34-44-32-26-20-18-16-14-12-10-8-6-4-2/h21-24,27-30H,3-20,25-26,31-34H2,1-2H3.